The first kappa shape index (κ1) is 8.99. The minimum atomic E-state index is -1.45. The molecule has 0 bridgehead atoms. The Morgan fingerprint density at radius 3 is 1.92 bits per heavy atom. The molecule has 1 atom stereocenters. The highest BCUT2D eigenvalue weighted by atomic mass is 16.4. The summed E-state index contributed by atoms with van der Waals surface area (Å²) < 4.78 is 0. The Bertz CT molecular complexity index is 197. The van der Waals surface area contributed by atoms with Gasteiger partial charge in [0.15, 0.2) is 5.92 Å². The Morgan fingerprint density at radius 2 is 1.67 bits per heavy atom. The zero-order chi connectivity index (χ0) is 9.30. The molecular formula is C7H11NO4. The average Bonchev–Trinajstić information content (AvgIpc) is 2.64. The van der Waals surface area contributed by atoms with E-state index >= 15 is 0 Å². The van der Waals surface area contributed by atoms with E-state index in [1.807, 2.05) is 0 Å². The van der Waals surface area contributed by atoms with Gasteiger partial charge < -0.3 is 15.9 Å². The standard InChI is InChI=1S/C7H11NO4/c8-5(3-1-2-3)4(6(9)10)7(11)12/h3-5H,1-2,8H2,(H,9,10)(H,11,12). The number of carbonyl (C=O) groups is 2. The number of aliphatic carboxylic acids is 2. The molecule has 0 radical (unpaired) electrons. The van der Waals surface area contributed by atoms with Crippen LogP contribution in [0.15, 0.2) is 0 Å². The van der Waals surface area contributed by atoms with Crippen LogP contribution in [0.25, 0.3) is 0 Å². The maximum absolute atomic E-state index is 10.5. The van der Waals surface area contributed by atoms with Crippen LogP contribution in [0.2, 0.25) is 0 Å². The fourth-order valence-electron chi connectivity index (χ4n) is 1.19. The lowest BCUT2D eigenvalue weighted by atomic mass is 9.97. The Morgan fingerprint density at radius 1 is 1.25 bits per heavy atom. The molecule has 0 amide bonds. The van der Waals surface area contributed by atoms with Crippen LogP contribution in [0.5, 0.6) is 0 Å². The molecule has 12 heavy (non-hydrogen) atoms. The van der Waals surface area contributed by atoms with Crippen molar-refractivity contribution >= 4 is 11.9 Å². The van der Waals surface area contributed by atoms with Crippen LogP contribution in [-0.2, 0) is 9.59 Å². The summed E-state index contributed by atoms with van der Waals surface area (Å²) in [4.78, 5) is 20.9. The maximum atomic E-state index is 10.5. The zero-order valence-corrected chi connectivity index (χ0v) is 6.43. The molecule has 4 N–H and O–H groups in total. The van der Waals surface area contributed by atoms with Crippen molar-refractivity contribution in [1.82, 2.24) is 0 Å². The first-order valence-corrected chi connectivity index (χ1v) is 3.75. The molecule has 1 aliphatic carbocycles. The normalized spacial score (nSPS) is 19.2. The van der Waals surface area contributed by atoms with Crippen molar-refractivity contribution in [2.45, 2.75) is 18.9 Å². The van der Waals surface area contributed by atoms with Gasteiger partial charge in [-0.3, -0.25) is 9.59 Å². The minimum absolute atomic E-state index is 0.0854. The van der Waals surface area contributed by atoms with Gasteiger partial charge in [0, 0.05) is 6.04 Å². The van der Waals surface area contributed by atoms with E-state index in [-0.39, 0.29) is 5.92 Å². The minimum Gasteiger partial charge on any atom is -0.481 e. The molecule has 5 nitrogen and oxygen atoms in total. The lowest BCUT2D eigenvalue weighted by Gasteiger charge is -2.14. The molecule has 0 spiro atoms. The predicted molar refractivity (Wildman–Crippen MR) is 39.5 cm³/mol. The van der Waals surface area contributed by atoms with E-state index in [0.29, 0.717) is 0 Å². The molecule has 0 aromatic heterocycles. The molecule has 1 fully saturated rings. The summed E-state index contributed by atoms with van der Waals surface area (Å²) in [7, 11) is 0. The highest BCUT2D eigenvalue weighted by Gasteiger charge is 2.41. The quantitative estimate of drug-likeness (QED) is 0.498. The summed E-state index contributed by atoms with van der Waals surface area (Å²) in [5.74, 6) is -4.05. The van der Waals surface area contributed by atoms with Crippen molar-refractivity contribution in [2.24, 2.45) is 17.6 Å². The molecule has 0 aromatic carbocycles. The molecule has 1 aliphatic rings. The molecule has 68 valence electrons. The van der Waals surface area contributed by atoms with Gasteiger partial charge in [-0.25, -0.2) is 0 Å². The second-order valence-corrected chi connectivity index (χ2v) is 3.07. The van der Waals surface area contributed by atoms with E-state index in [1.54, 1.807) is 0 Å². The third-order valence-corrected chi connectivity index (χ3v) is 2.08. The molecule has 1 saturated carbocycles. The Labute approximate surface area is 69.2 Å². The van der Waals surface area contributed by atoms with E-state index in [2.05, 4.69) is 0 Å². The van der Waals surface area contributed by atoms with E-state index in [9.17, 15) is 9.59 Å². The van der Waals surface area contributed by atoms with Crippen molar-refractivity contribution in [1.29, 1.82) is 0 Å². The van der Waals surface area contributed by atoms with E-state index in [1.165, 1.54) is 0 Å². The van der Waals surface area contributed by atoms with Crippen LogP contribution in [0.1, 0.15) is 12.8 Å². The molecule has 1 unspecified atom stereocenters. The van der Waals surface area contributed by atoms with E-state index < -0.39 is 23.9 Å². The Kier molecular flexibility index (Phi) is 2.32. The summed E-state index contributed by atoms with van der Waals surface area (Å²) in [5.41, 5.74) is 5.46. The van der Waals surface area contributed by atoms with Gasteiger partial charge in [-0.05, 0) is 18.8 Å². The van der Waals surface area contributed by atoms with Crippen LogP contribution in [0.3, 0.4) is 0 Å². The predicted octanol–water partition coefficient (Wildman–Crippen LogP) is -0.491. The summed E-state index contributed by atoms with van der Waals surface area (Å²) in [6.45, 7) is 0. The summed E-state index contributed by atoms with van der Waals surface area (Å²) >= 11 is 0. The van der Waals surface area contributed by atoms with Gasteiger partial charge in [-0.2, -0.15) is 0 Å². The van der Waals surface area contributed by atoms with Crippen LogP contribution in [0, 0.1) is 11.8 Å². The Hall–Kier alpha value is -1.10. The number of nitrogens with two attached hydrogens (primary N) is 1. The smallest absolute Gasteiger partial charge is 0.319 e. The second-order valence-electron chi connectivity index (χ2n) is 3.07. The highest BCUT2D eigenvalue weighted by Crippen LogP contribution is 2.34. The monoisotopic (exact) mass is 173 g/mol. The Balaban J connectivity index is 2.63. The van der Waals surface area contributed by atoms with Gasteiger partial charge in [0.05, 0.1) is 0 Å². The van der Waals surface area contributed by atoms with E-state index in [4.69, 9.17) is 15.9 Å². The van der Waals surface area contributed by atoms with Crippen molar-refractivity contribution in [3.63, 3.8) is 0 Å². The van der Waals surface area contributed by atoms with Crippen molar-refractivity contribution < 1.29 is 19.8 Å². The van der Waals surface area contributed by atoms with Crippen LogP contribution in [-0.4, -0.2) is 28.2 Å². The average molecular weight is 173 g/mol. The fourth-order valence-corrected chi connectivity index (χ4v) is 1.19. The number of hydrogen-bond acceptors (Lipinski definition) is 3. The van der Waals surface area contributed by atoms with Crippen LogP contribution < -0.4 is 5.73 Å². The summed E-state index contributed by atoms with van der Waals surface area (Å²) in [6.07, 6.45) is 1.69. The second kappa shape index (κ2) is 3.10. The number of carboxylic acids is 2. The molecule has 0 aromatic rings. The maximum Gasteiger partial charge on any atom is 0.319 e. The van der Waals surface area contributed by atoms with Crippen LogP contribution in [0.4, 0.5) is 0 Å². The molecular weight excluding hydrogens is 162 g/mol. The first-order chi connectivity index (χ1) is 5.54. The van der Waals surface area contributed by atoms with Crippen molar-refractivity contribution in [2.75, 3.05) is 0 Å². The topological polar surface area (TPSA) is 101 Å². The van der Waals surface area contributed by atoms with Gasteiger partial charge in [-0.15, -0.1) is 0 Å². The third kappa shape index (κ3) is 1.73. The first-order valence-electron chi connectivity index (χ1n) is 3.75. The van der Waals surface area contributed by atoms with Crippen molar-refractivity contribution in [3.8, 4) is 0 Å². The van der Waals surface area contributed by atoms with Gasteiger partial charge in [0.2, 0.25) is 0 Å². The number of rotatable bonds is 4. The largest absolute Gasteiger partial charge is 0.481 e. The molecule has 5 heteroatoms. The zero-order valence-electron chi connectivity index (χ0n) is 6.43. The molecule has 0 saturated heterocycles. The lowest BCUT2D eigenvalue weighted by molar-refractivity contribution is -0.155. The third-order valence-electron chi connectivity index (χ3n) is 2.08. The summed E-state index contributed by atoms with van der Waals surface area (Å²) in [6, 6.07) is -0.736. The van der Waals surface area contributed by atoms with Gasteiger partial charge >= 0.3 is 11.9 Å². The fraction of sp³-hybridized carbons (Fsp3) is 0.714. The molecule has 0 heterocycles. The van der Waals surface area contributed by atoms with Gasteiger partial charge in [-0.1, -0.05) is 0 Å². The number of hydrogen-bond donors (Lipinski definition) is 3. The highest BCUT2D eigenvalue weighted by molar-refractivity contribution is 5.93. The molecule has 0 aliphatic heterocycles. The van der Waals surface area contributed by atoms with Gasteiger partial charge in [0.1, 0.15) is 0 Å². The van der Waals surface area contributed by atoms with Gasteiger partial charge in [0.25, 0.3) is 0 Å². The lowest BCUT2D eigenvalue weighted by Crippen LogP contribution is -2.42. The molecule has 1 rings (SSSR count). The van der Waals surface area contributed by atoms with E-state index in [0.717, 1.165) is 12.8 Å². The van der Waals surface area contributed by atoms with Crippen molar-refractivity contribution in [3.05, 3.63) is 0 Å². The SMILES string of the molecule is NC(C1CC1)C(C(=O)O)C(=O)O. The number of carboxylic acid groups (broad SMARTS) is 2. The van der Waals surface area contributed by atoms with Crippen LogP contribution >= 0.6 is 0 Å². The summed E-state index contributed by atoms with van der Waals surface area (Å²) in [5, 5.41) is 17.1.